The number of nitrogens with one attached hydrogen (secondary N) is 1. The Morgan fingerprint density at radius 3 is 2.49 bits per heavy atom. The molecule has 11 nitrogen and oxygen atoms in total. The minimum absolute atomic E-state index is 0.0799. The van der Waals surface area contributed by atoms with Crippen LogP contribution in [0, 0.1) is 0 Å². The molecule has 1 aromatic heterocycles. The van der Waals surface area contributed by atoms with E-state index in [9.17, 15) is 9.59 Å². The van der Waals surface area contributed by atoms with Crippen molar-refractivity contribution in [3.05, 3.63) is 60.8 Å². The van der Waals surface area contributed by atoms with Gasteiger partial charge in [-0.15, -0.1) is 6.58 Å². The minimum atomic E-state index is 0.0799. The Bertz CT molecular complexity index is 1200. The number of aromatic nitrogens is 2. The Labute approximate surface area is 230 Å². The van der Waals surface area contributed by atoms with Crippen LogP contribution in [-0.4, -0.2) is 96.3 Å². The summed E-state index contributed by atoms with van der Waals surface area (Å²) in [6.45, 7) is 10.2. The number of likely N-dealkylation sites (N-methyl/N-ethyl adjacent to an activating group) is 2. The Morgan fingerprint density at radius 1 is 1.18 bits per heavy atom. The lowest BCUT2D eigenvalue weighted by Gasteiger charge is -2.34. The van der Waals surface area contributed by atoms with Crippen molar-refractivity contribution in [2.24, 2.45) is 5.10 Å². The molecule has 4 rings (SSSR count). The molecule has 1 aliphatic carbocycles. The van der Waals surface area contributed by atoms with Crippen LogP contribution in [0.4, 0.5) is 23.1 Å². The van der Waals surface area contributed by atoms with E-state index < -0.39 is 0 Å². The number of carbonyl (C=O) groups excluding carboxylic acids is 2. The van der Waals surface area contributed by atoms with Gasteiger partial charge >= 0.3 is 0 Å². The lowest BCUT2D eigenvalue weighted by Crippen LogP contribution is -2.46. The molecular weight excluding hydrogens is 494 g/mol. The van der Waals surface area contributed by atoms with Gasteiger partial charge in [-0.25, -0.2) is 20.0 Å². The number of amidine groups is 1. The van der Waals surface area contributed by atoms with E-state index in [1.807, 2.05) is 37.2 Å². The molecule has 39 heavy (non-hydrogen) atoms. The molecule has 2 aromatic rings. The Kier molecular flexibility index (Phi) is 9.40. The van der Waals surface area contributed by atoms with E-state index in [1.165, 1.54) is 16.9 Å². The van der Waals surface area contributed by atoms with Crippen molar-refractivity contribution in [2.75, 3.05) is 62.0 Å². The van der Waals surface area contributed by atoms with Crippen LogP contribution < -0.4 is 15.2 Å². The van der Waals surface area contributed by atoms with Crippen molar-refractivity contribution in [1.82, 2.24) is 24.9 Å². The SMILES string of the molecule is C=CCN(C)N(C(/C=C\C)=N/N(C=O)C1CC1)c1nc(Nc2ccc(N3CCN(C)CC3)cc2)ncc1C=O. The molecule has 2 aliphatic rings. The lowest BCUT2D eigenvalue weighted by atomic mass is 10.2. The summed E-state index contributed by atoms with van der Waals surface area (Å²) in [4.78, 5) is 37.6. The highest BCUT2D eigenvalue weighted by Crippen LogP contribution is 2.28. The largest absolute Gasteiger partial charge is 0.369 e. The third-order valence-electron chi connectivity index (χ3n) is 6.63. The molecule has 0 radical (unpaired) electrons. The lowest BCUT2D eigenvalue weighted by molar-refractivity contribution is -0.118. The molecule has 0 atom stereocenters. The highest BCUT2D eigenvalue weighted by atomic mass is 16.1. The maximum Gasteiger partial charge on any atom is 0.230 e. The van der Waals surface area contributed by atoms with Gasteiger partial charge in [0.1, 0.15) is 0 Å². The molecule has 11 heteroatoms. The molecule has 1 saturated heterocycles. The molecule has 1 N–H and O–H groups in total. The smallest absolute Gasteiger partial charge is 0.230 e. The third-order valence-corrected chi connectivity index (χ3v) is 6.63. The first-order valence-corrected chi connectivity index (χ1v) is 13.2. The fourth-order valence-electron chi connectivity index (χ4n) is 4.30. The maximum absolute atomic E-state index is 12.1. The van der Waals surface area contributed by atoms with Gasteiger partial charge in [-0.3, -0.25) is 9.59 Å². The molecule has 206 valence electrons. The van der Waals surface area contributed by atoms with E-state index in [0.717, 1.165) is 51.1 Å². The zero-order chi connectivity index (χ0) is 27.8. The van der Waals surface area contributed by atoms with E-state index >= 15 is 0 Å². The first kappa shape index (κ1) is 27.9. The number of hydrogen-bond acceptors (Lipinski definition) is 9. The van der Waals surface area contributed by atoms with E-state index in [0.29, 0.717) is 30.4 Å². The number of hydrogen-bond donors (Lipinski definition) is 1. The van der Waals surface area contributed by atoms with Gasteiger partial charge in [0, 0.05) is 57.3 Å². The van der Waals surface area contributed by atoms with Crippen molar-refractivity contribution in [1.29, 1.82) is 0 Å². The standard InChI is InChI=1S/C28H37N9O2/c1-5-7-26(32-36(21-39)25-12-13-25)37(34(4)14-6-2)27-22(20-38)19-29-28(31-27)30-23-8-10-24(11-9-23)35-17-15-33(3)16-18-35/h5-11,19-21,25H,2,12-18H2,1,3-4H3,(H,29,30,31)/b7-5-,32-26+. The predicted molar refractivity (Wildman–Crippen MR) is 155 cm³/mol. The number of benzene rings is 1. The minimum Gasteiger partial charge on any atom is -0.369 e. The first-order valence-electron chi connectivity index (χ1n) is 13.2. The van der Waals surface area contributed by atoms with Gasteiger partial charge in [0.05, 0.1) is 11.6 Å². The van der Waals surface area contributed by atoms with Crippen LogP contribution in [0.15, 0.2) is 60.4 Å². The predicted octanol–water partition coefficient (Wildman–Crippen LogP) is 3.13. The molecule has 0 bridgehead atoms. The zero-order valence-corrected chi connectivity index (χ0v) is 22.9. The molecule has 0 unspecified atom stereocenters. The van der Waals surface area contributed by atoms with Gasteiger partial charge in [0.2, 0.25) is 12.4 Å². The topological polar surface area (TPSA) is 101 Å². The van der Waals surface area contributed by atoms with Crippen molar-refractivity contribution in [3.8, 4) is 0 Å². The van der Waals surface area contributed by atoms with Gasteiger partial charge < -0.3 is 15.1 Å². The van der Waals surface area contributed by atoms with Gasteiger partial charge in [-0.05, 0) is 57.2 Å². The van der Waals surface area contributed by atoms with Gasteiger partial charge in [0.25, 0.3) is 0 Å². The van der Waals surface area contributed by atoms with Crippen LogP contribution in [0.25, 0.3) is 0 Å². The summed E-state index contributed by atoms with van der Waals surface area (Å²) in [6, 6.07) is 8.24. The fourth-order valence-corrected chi connectivity index (χ4v) is 4.30. The summed E-state index contributed by atoms with van der Waals surface area (Å²) in [7, 11) is 3.98. The van der Waals surface area contributed by atoms with Gasteiger partial charge in [-0.1, -0.05) is 12.2 Å². The molecule has 1 amide bonds. The Balaban J connectivity index is 1.64. The summed E-state index contributed by atoms with van der Waals surface area (Å²) >= 11 is 0. The van der Waals surface area contributed by atoms with Crippen molar-refractivity contribution in [3.63, 3.8) is 0 Å². The summed E-state index contributed by atoms with van der Waals surface area (Å²) in [5.74, 6) is 1.10. The molecular formula is C28H37N9O2. The molecule has 1 aliphatic heterocycles. The number of amides is 1. The number of hydrazone groups is 1. The Hall–Kier alpha value is -4.09. The Morgan fingerprint density at radius 2 is 1.90 bits per heavy atom. The van der Waals surface area contributed by atoms with Crippen molar-refractivity contribution < 1.29 is 9.59 Å². The fraction of sp³-hybridized carbons (Fsp3) is 0.393. The molecule has 2 heterocycles. The van der Waals surface area contributed by atoms with Crippen LogP contribution in [0.5, 0.6) is 0 Å². The van der Waals surface area contributed by atoms with Crippen LogP contribution in [0.2, 0.25) is 0 Å². The highest BCUT2D eigenvalue weighted by Gasteiger charge is 2.30. The molecule has 1 saturated carbocycles. The third kappa shape index (κ3) is 7.06. The van der Waals surface area contributed by atoms with Crippen LogP contribution in [0.1, 0.15) is 30.1 Å². The second-order valence-electron chi connectivity index (χ2n) is 9.67. The average molecular weight is 532 g/mol. The molecule has 0 spiro atoms. The number of hydrazine groups is 1. The van der Waals surface area contributed by atoms with Gasteiger partial charge in [-0.2, -0.15) is 10.1 Å². The van der Waals surface area contributed by atoms with E-state index in [1.54, 1.807) is 17.2 Å². The summed E-state index contributed by atoms with van der Waals surface area (Å²) in [5.41, 5.74) is 2.28. The van der Waals surface area contributed by atoms with Crippen molar-refractivity contribution >= 4 is 41.7 Å². The average Bonchev–Trinajstić information content (AvgIpc) is 3.79. The number of rotatable bonds is 12. The summed E-state index contributed by atoms with van der Waals surface area (Å²) < 4.78 is 0. The maximum atomic E-state index is 12.1. The normalized spacial score (nSPS) is 16.4. The van der Waals surface area contributed by atoms with Crippen LogP contribution in [0.3, 0.4) is 0 Å². The molecule has 2 fully saturated rings. The van der Waals surface area contributed by atoms with Crippen molar-refractivity contribution in [2.45, 2.75) is 25.8 Å². The monoisotopic (exact) mass is 531 g/mol. The van der Waals surface area contributed by atoms with Crippen LogP contribution >= 0.6 is 0 Å². The van der Waals surface area contributed by atoms with E-state index in [4.69, 9.17) is 4.98 Å². The van der Waals surface area contributed by atoms with E-state index in [2.05, 4.69) is 51.0 Å². The van der Waals surface area contributed by atoms with Crippen LogP contribution in [-0.2, 0) is 4.79 Å². The number of aldehydes is 1. The quantitative estimate of drug-likeness (QED) is 0.146. The van der Waals surface area contributed by atoms with Gasteiger partial charge in [0.15, 0.2) is 17.9 Å². The number of nitrogens with zero attached hydrogens (tertiary/aromatic N) is 8. The summed E-state index contributed by atoms with van der Waals surface area (Å²) in [5, 5.41) is 12.8. The number of piperazine rings is 1. The second-order valence-corrected chi connectivity index (χ2v) is 9.67. The van der Waals surface area contributed by atoms with E-state index in [-0.39, 0.29) is 11.6 Å². The molecule has 1 aromatic carbocycles. The number of anilines is 4. The number of carbonyl (C=O) groups is 2. The zero-order valence-electron chi connectivity index (χ0n) is 22.9. The first-order chi connectivity index (χ1) is 19.0. The highest BCUT2D eigenvalue weighted by molar-refractivity contribution is 6.06. The summed E-state index contributed by atoms with van der Waals surface area (Å²) in [6.07, 6.45) is 10.1. The second kappa shape index (κ2) is 13.1. The number of allylic oxidation sites excluding steroid dienone is 1.